The van der Waals surface area contributed by atoms with Crippen LogP contribution in [0.1, 0.15) is 12.8 Å². The molecule has 2 saturated heterocycles. The first-order valence-electron chi connectivity index (χ1n) is 11.0. The molecule has 2 aromatic carbocycles. The summed E-state index contributed by atoms with van der Waals surface area (Å²) in [5.41, 5.74) is 1.52. The number of hydrogen-bond acceptors (Lipinski definition) is 4. The molecule has 1 N–H and O–H groups in total. The van der Waals surface area contributed by atoms with E-state index in [4.69, 9.17) is 0 Å². The maximum Gasteiger partial charge on any atom is 0.227 e. The molecule has 2 aliphatic heterocycles. The van der Waals surface area contributed by atoms with E-state index >= 15 is 0 Å². The van der Waals surface area contributed by atoms with Gasteiger partial charge in [0.1, 0.15) is 5.82 Å². The van der Waals surface area contributed by atoms with Gasteiger partial charge >= 0.3 is 0 Å². The molecule has 0 aromatic heterocycles. The molecule has 31 heavy (non-hydrogen) atoms. The van der Waals surface area contributed by atoms with Crippen LogP contribution in [-0.2, 0) is 9.59 Å². The Labute approximate surface area is 182 Å². The smallest absolute Gasteiger partial charge is 0.227 e. The van der Waals surface area contributed by atoms with Crippen molar-refractivity contribution >= 4 is 23.2 Å². The number of para-hydroxylation sites is 2. The maximum atomic E-state index is 14.0. The number of rotatable bonds is 7. The number of piperazine rings is 1. The van der Waals surface area contributed by atoms with Gasteiger partial charge in [0.2, 0.25) is 11.8 Å². The highest BCUT2D eigenvalue weighted by Crippen LogP contribution is 2.27. The third kappa shape index (κ3) is 5.22. The lowest BCUT2D eigenvalue weighted by Crippen LogP contribution is -2.47. The molecule has 2 heterocycles. The monoisotopic (exact) mass is 424 g/mol. The fraction of sp³-hybridized carbons (Fsp3) is 0.417. The quantitative estimate of drug-likeness (QED) is 0.694. The predicted molar refractivity (Wildman–Crippen MR) is 120 cm³/mol. The molecule has 0 bridgehead atoms. The number of nitrogens with zero attached hydrogens (tertiary/aromatic N) is 3. The van der Waals surface area contributed by atoms with E-state index in [2.05, 4.69) is 39.4 Å². The van der Waals surface area contributed by atoms with Crippen LogP contribution in [0.5, 0.6) is 0 Å². The van der Waals surface area contributed by atoms with Crippen molar-refractivity contribution in [2.24, 2.45) is 5.92 Å². The maximum absolute atomic E-state index is 14.0. The van der Waals surface area contributed by atoms with Crippen LogP contribution in [-0.4, -0.2) is 62.5 Å². The van der Waals surface area contributed by atoms with E-state index in [1.165, 1.54) is 16.7 Å². The van der Waals surface area contributed by atoms with E-state index < -0.39 is 11.7 Å². The summed E-state index contributed by atoms with van der Waals surface area (Å²) in [7, 11) is 0. The SMILES string of the molecule is O=C(NCCCN1CCN(c2ccccc2)CC1)C1CC(=O)N(c2ccccc2F)C1. The average molecular weight is 425 g/mol. The highest BCUT2D eigenvalue weighted by atomic mass is 19.1. The molecule has 2 amide bonds. The molecular weight excluding hydrogens is 395 g/mol. The van der Waals surface area contributed by atoms with Crippen molar-refractivity contribution in [3.8, 4) is 0 Å². The Bertz CT molecular complexity index is 899. The van der Waals surface area contributed by atoms with E-state index in [1.54, 1.807) is 18.2 Å². The lowest BCUT2D eigenvalue weighted by molar-refractivity contribution is -0.126. The number of anilines is 2. The van der Waals surface area contributed by atoms with Crippen LogP contribution in [0.15, 0.2) is 54.6 Å². The van der Waals surface area contributed by atoms with Gasteiger partial charge < -0.3 is 15.1 Å². The summed E-state index contributed by atoms with van der Waals surface area (Å²) in [6, 6.07) is 16.6. The van der Waals surface area contributed by atoms with Crippen molar-refractivity contribution < 1.29 is 14.0 Å². The van der Waals surface area contributed by atoms with E-state index in [0.29, 0.717) is 6.54 Å². The van der Waals surface area contributed by atoms with Crippen molar-refractivity contribution in [1.29, 1.82) is 0 Å². The molecule has 6 nitrogen and oxygen atoms in total. The fourth-order valence-electron chi connectivity index (χ4n) is 4.31. The minimum Gasteiger partial charge on any atom is -0.369 e. The van der Waals surface area contributed by atoms with E-state index in [0.717, 1.165) is 39.1 Å². The van der Waals surface area contributed by atoms with E-state index in [1.807, 2.05) is 6.07 Å². The molecule has 2 aromatic rings. The van der Waals surface area contributed by atoms with Gasteiger partial charge in [-0.3, -0.25) is 14.5 Å². The zero-order valence-electron chi connectivity index (χ0n) is 17.7. The first-order valence-corrected chi connectivity index (χ1v) is 11.0. The topological polar surface area (TPSA) is 55.9 Å². The Balaban J connectivity index is 1.16. The molecule has 164 valence electrons. The molecule has 0 aliphatic carbocycles. The second-order valence-electron chi connectivity index (χ2n) is 8.17. The Morgan fingerprint density at radius 2 is 1.71 bits per heavy atom. The van der Waals surface area contributed by atoms with Crippen LogP contribution in [0.3, 0.4) is 0 Å². The summed E-state index contributed by atoms with van der Waals surface area (Å²) < 4.78 is 14.0. The average Bonchev–Trinajstić information content (AvgIpc) is 3.19. The van der Waals surface area contributed by atoms with Crippen molar-refractivity contribution in [1.82, 2.24) is 10.2 Å². The minimum absolute atomic E-state index is 0.124. The Kier molecular flexibility index (Phi) is 6.82. The Morgan fingerprint density at radius 3 is 2.45 bits per heavy atom. The number of halogens is 1. The molecule has 0 radical (unpaired) electrons. The van der Waals surface area contributed by atoms with Gasteiger partial charge in [0, 0.05) is 51.4 Å². The number of carbonyl (C=O) groups is 2. The summed E-state index contributed by atoms with van der Waals surface area (Å²) >= 11 is 0. The Morgan fingerprint density at radius 1 is 1.00 bits per heavy atom. The van der Waals surface area contributed by atoms with Gasteiger partial charge in [0.05, 0.1) is 11.6 Å². The predicted octanol–water partition coefficient (Wildman–Crippen LogP) is 2.51. The van der Waals surface area contributed by atoms with Crippen LogP contribution in [0.25, 0.3) is 0 Å². The number of benzene rings is 2. The van der Waals surface area contributed by atoms with Crippen LogP contribution < -0.4 is 15.1 Å². The largest absolute Gasteiger partial charge is 0.369 e. The molecule has 7 heteroatoms. The summed E-state index contributed by atoms with van der Waals surface area (Å²) in [5, 5.41) is 2.96. The lowest BCUT2D eigenvalue weighted by Gasteiger charge is -2.36. The van der Waals surface area contributed by atoms with Gasteiger partial charge in [0.15, 0.2) is 0 Å². The molecule has 4 rings (SSSR count). The second-order valence-corrected chi connectivity index (χ2v) is 8.17. The summed E-state index contributed by atoms with van der Waals surface area (Å²) in [5.74, 6) is -1.20. The Hall–Kier alpha value is -2.93. The van der Waals surface area contributed by atoms with Crippen molar-refractivity contribution in [2.45, 2.75) is 12.8 Å². The summed E-state index contributed by atoms with van der Waals surface area (Å²) in [6.45, 7) is 5.79. The summed E-state index contributed by atoms with van der Waals surface area (Å²) in [6.07, 6.45) is 0.996. The molecule has 0 saturated carbocycles. The fourth-order valence-corrected chi connectivity index (χ4v) is 4.31. The van der Waals surface area contributed by atoms with Crippen LogP contribution in [0, 0.1) is 11.7 Å². The van der Waals surface area contributed by atoms with Gasteiger partial charge in [0.25, 0.3) is 0 Å². The van der Waals surface area contributed by atoms with E-state index in [-0.39, 0.29) is 30.5 Å². The first-order chi connectivity index (χ1) is 15.1. The van der Waals surface area contributed by atoms with Gasteiger partial charge in [-0.15, -0.1) is 0 Å². The van der Waals surface area contributed by atoms with Crippen molar-refractivity contribution in [3.05, 3.63) is 60.4 Å². The third-order valence-corrected chi connectivity index (χ3v) is 6.08. The van der Waals surface area contributed by atoms with Crippen molar-refractivity contribution in [3.63, 3.8) is 0 Å². The molecule has 1 atom stereocenters. The zero-order chi connectivity index (χ0) is 21.6. The molecule has 1 unspecified atom stereocenters. The second kappa shape index (κ2) is 9.92. The van der Waals surface area contributed by atoms with Crippen LogP contribution in [0.4, 0.5) is 15.8 Å². The molecule has 2 aliphatic rings. The van der Waals surface area contributed by atoms with Gasteiger partial charge in [-0.05, 0) is 37.2 Å². The highest BCUT2D eigenvalue weighted by Gasteiger charge is 2.35. The molecular formula is C24H29FN4O2. The summed E-state index contributed by atoms with van der Waals surface area (Å²) in [4.78, 5) is 31.0. The molecule has 0 spiro atoms. The van der Waals surface area contributed by atoms with Crippen molar-refractivity contribution in [2.75, 3.05) is 55.6 Å². The minimum atomic E-state index is -0.440. The van der Waals surface area contributed by atoms with Crippen LogP contribution in [0.2, 0.25) is 0 Å². The zero-order valence-corrected chi connectivity index (χ0v) is 17.7. The van der Waals surface area contributed by atoms with Gasteiger partial charge in [-0.25, -0.2) is 4.39 Å². The number of amides is 2. The van der Waals surface area contributed by atoms with E-state index in [9.17, 15) is 14.0 Å². The van der Waals surface area contributed by atoms with Gasteiger partial charge in [-0.1, -0.05) is 30.3 Å². The highest BCUT2D eigenvalue weighted by molar-refractivity contribution is 6.00. The normalized spacial score (nSPS) is 19.6. The number of hydrogen-bond donors (Lipinski definition) is 1. The first kappa shape index (κ1) is 21.3. The molecule has 2 fully saturated rings. The van der Waals surface area contributed by atoms with Crippen LogP contribution >= 0.6 is 0 Å². The standard InChI is InChI=1S/C24H29FN4O2/c25-21-9-4-5-10-22(21)29-18-19(17-23(29)30)24(31)26-11-6-12-27-13-15-28(16-14-27)20-7-2-1-3-8-20/h1-5,7-10,19H,6,11-18H2,(H,26,31). The lowest BCUT2D eigenvalue weighted by atomic mass is 10.1. The third-order valence-electron chi connectivity index (χ3n) is 6.08. The van der Waals surface area contributed by atoms with Gasteiger partial charge in [-0.2, -0.15) is 0 Å². The number of carbonyl (C=O) groups excluding carboxylic acids is 2. The number of nitrogens with one attached hydrogen (secondary N) is 1.